The van der Waals surface area contributed by atoms with E-state index < -0.39 is 23.2 Å². The number of hydrogen-bond donors (Lipinski definition) is 3. The zero-order valence-corrected chi connectivity index (χ0v) is 18.6. The maximum atomic E-state index is 14.6. The summed E-state index contributed by atoms with van der Waals surface area (Å²) in [7, 11) is 0. The Labute approximate surface area is 199 Å². The Bertz CT molecular complexity index is 1170. The molecule has 2 aliphatic rings. The van der Waals surface area contributed by atoms with Crippen LogP contribution in [0.15, 0.2) is 30.3 Å². The summed E-state index contributed by atoms with van der Waals surface area (Å²) >= 11 is 6.06. The molecule has 2 aromatic carbocycles. The Balaban J connectivity index is 1.49. The number of carboxylic acids is 1. The summed E-state index contributed by atoms with van der Waals surface area (Å²) in [6.45, 7) is 1.15. The van der Waals surface area contributed by atoms with E-state index >= 15 is 0 Å². The van der Waals surface area contributed by atoms with Crippen molar-refractivity contribution >= 4 is 23.5 Å². The number of carboxylic acid groups (broad SMARTS) is 1. The highest BCUT2D eigenvalue weighted by Crippen LogP contribution is 2.35. The van der Waals surface area contributed by atoms with Gasteiger partial charge in [-0.05, 0) is 30.7 Å². The van der Waals surface area contributed by atoms with Crippen molar-refractivity contribution in [2.75, 3.05) is 26.4 Å². The molecule has 0 aliphatic carbocycles. The third-order valence-electron chi connectivity index (χ3n) is 6.03. The summed E-state index contributed by atoms with van der Waals surface area (Å²) in [6.07, 6.45) is 0.418. The molecule has 0 bridgehead atoms. The van der Waals surface area contributed by atoms with Gasteiger partial charge in [-0.2, -0.15) is 5.26 Å². The Morgan fingerprint density at radius 1 is 1.24 bits per heavy atom. The van der Waals surface area contributed by atoms with Crippen molar-refractivity contribution in [3.8, 4) is 22.9 Å². The van der Waals surface area contributed by atoms with Gasteiger partial charge in [-0.25, -0.2) is 13.6 Å². The van der Waals surface area contributed by atoms with E-state index in [1.165, 1.54) is 18.2 Å². The molecule has 3 atom stereocenters. The quantitative estimate of drug-likeness (QED) is 0.570. The number of rotatable bonds is 6. The van der Waals surface area contributed by atoms with E-state index in [4.69, 9.17) is 21.6 Å². The molecule has 2 saturated heterocycles. The number of ether oxygens (including phenoxy) is 1. The van der Waals surface area contributed by atoms with Crippen LogP contribution in [0.4, 0.5) is 8.78 Å². The first kappa shape index (κ1) is 23.9. The van der Waals surface area contributed by atoms with E-state index in [0.29, 0.717) is 25.7 Å². The van der Waals surface area contributed by atoms with Crippen molar-refractivity contribution in [1.82, 2.24) is 15.5 Å². The smallest absolute Gasteiger partial charge is 0.338 e. The van der Waals surface area contributed by atoms with Gasteiger partial charge in [0.25, 0.3) is 0 Å². The predicted octanol–water partition coefficient (Wildman–Crippen LogP) is 2.62. The van der Waals surface area contributed by atoms with Crippen LogP contribution in [-0.4, -0.2) is 60.3 Å². The molecule has 1 amide bonds. The Hall–Kier alpha value is -3.26. The summed E-state index contributed by atoms with van der Waals surface area (Å²) in [4.78, 5) is 25.8. The molecular formula is C23H21ClF2N4O4. The Kier molecular flexibility index (Phi) is 6.97. The van der Waals surface area contributed by atoms with Gasteiger partial charge in [-0.15, -0.1) is 0 Å². The SMILES string of the molecule is N#CC1CC2C(=O)N(CCOc3ccc(Cl)cc3-c3cc(C(=O)O)c(F)cc3F)CNC2CN1. The lowest BCUT2D eigenvalue weighted by Crippen LogP contribution is -2.64. The number of fused-ring (bicyclic) bond motifs is 1. The second kappa shape index (κ2) is 9.93. The molecule has 0 radical (unpaired) electrons. The van der Waals surface area contributed by atoms with Gasteiger partial charge in [0, 0.05) is 34.8 Å². The van der Waals surface area contributed by atoms with Crippen molar-refractivity contribution in [1.29, 1.82) is 5.26 Å². The molecule has 2 aliphatic heterocycles. The normalized spacial score (nSPS) is 22.1. The molecule has 8 nitrogen and oxygen atoms in total. The Morgan fingerprint density at radius 2 is 2.03 bits per heavy atom. The second-order valence-corrected chi connectivity index (χ2v) is 8.54. The monoisotopic (exact) mass is 490 g/mol. The minimum absolute atomic E-state index is 0.0398. The first-order valence-corrected chi connectivity index (χ1v) is 11.0. The number of carbonyl (C=O) groups excluding carboxylic acids is 1. The fourth-order valence-corrected chi connectivity index (χ4v) is 4.42. The first-order chi connectivity index (χ1) is 16.3. The highest BCUT2D eigenvalue weighted by molar-refractivity contribution is 6.31. The number of hydrogen-bond acceptors (Lipinski definition) is 6. The van der Waals surface area contributed by atoms with Crippen molar-refractivity contribution in [3.05, 3.63) is 52.6 Å². The molecule has 2 fully saturated rings. The van der Waals surface area contributed by atoms with Gasteiger partial charge in [0.1, 0.15) is 24.0 Å². The molecule has 34 heavy (non-hydrogen) atoms. The number of nitrogens with zero attached hydrogens (tertiary/aromatic N) is 2. The van der Waals surface area contributed by atoms with Crippen LogP contribution in [0.1, 0.15) is 16.8 Å². The van der Waals surface area contributed by atoms with Crippen molar-refractivity contribution < 1.29 is 28.2 Å². The highest BCUT2D eigenvalue weighted by atomic mass is 35.5. The van der Waals surface area contributed by atoms with Gasteiger partial charge < -0.3 is 20.1 Å². The molecule has 0 spiro atoms. The molecule has 3 N–H and O–H groups in total. The number of nitrogens with one attached hydrogen (secondary N) is 2. The van der Waals surface area contributed by atoms with Crippen molar-refractivity contribution in [2.24, 2.45) is 5.92 Å². The lowest BCUT2D eigenvalue weighted by atomic mass is 9.86. The van der Waals surface area contributed by atoms with Crippen LogP contribution in [0.3, 0.4) is 0 Å². The van der Waals surface area contributed by atoms with E-state index in [2.05, 4.69) is 16.7 Å². The summed E-state index contributed by atoms with van der Waals surface area (Å²) in [5.41, 5.74) is -0.697. The third-order valence-corrected chi connectivity index (χ3v) is 6.26. The molecule has 4 rings (SSSR count). The molecule has 178 valence electrons. The lowest BCUT2D eigenvalue weighted by molar-refractivity contribution is -0.142. The van der Waals surface area contributed by atoms with Crippen LogP contribution in [-0.2, 0) is 4.79 Å². The van der Waals surface area contributed by atoms with Crippen LogP contribution in [0.2, 0.25) is 5.02 Å². The highest BCUT2D eigenvalue weighted by Gasteiger charge is 2.40. The molecule has 11 heteroatoms. The number of amides is 1. The summed E-state index contributed by atoms with van der Waals surface area (Å²) < 4.78 is 34.2. The standard InChI is InChI=1S/C23H21ClF2N4O4/c24-12-1-2-21(15(5-12)14-7-16(23(32)33)19(26)8-18(14)25)34-4-3-30-11-29-20-10-28-13(9-27)6-17(20)22(30)31/h1-2,5,7-8,13,17,20,28-29H,3-4,6,10-11H2,(H,32,33). The number of nitriles is 1. The molecule has 0 aromatic heterocycles. The van der Waals surface area contributed by atoms with Crippen LogP contribution in [0, 0.1) is 28.9 Å². The first-order valence-electron chi connectivity index (χ1n) is 10.6. The van der Waals surface area contributed by atoms with Crippen LogP contribution >= 0.6 is 11.6 Å². The van der Waals surface area contributed by atoms with E-state index in [1.54, 1.807) is 4.90 Å². The van der Waals surface area contributed by atoms with Crippen LogP contribution in [0.25, 0.3) is 11.1 Å². The largest absolute Gasteiger partial charge is 0.491 e. The number of piperidine rings is 1. The molecule has 2 aromatic rings. The Morgan fingerprint density at radius 3 is 2.76 bits per heavy atom. The third kappa shape index (κ3) is 4.82. The number of benzene rings is 2. The summed E-state index contributed by atoms with van der Waals surface area (Å²) in [6, 6.07) is 7.55. The van der Waals surface area contributed by atoms with E-state index in [0.717, 1.165) is 6.07 Å². The molecule has 0 saturated carbocycles. The zero-order chi connectivity index (χ0) is 24.4. The zero-order valence-electron chi connectivity index (χ0n) is 17.9. The maximum absolute atomic E-state index is 14.6. The number of halogens is 3. The average molecular weight is 491 g/mol. The molecular weight excluding hydrogens is 470 g/mol. The van der Waals surface area contributed by atoms with Gasteiger partial charge in [0.2, 0.25) is 5.91 Å². The van der Waals surface area contributed by atoms with E-state index in [9.17, 15) is 23.5 Å². The van der Waals surface area contributed by atoms with Crippen LogP contribution in [0.5, 0.6) is 5.75 Å². The molecule has 2 heterocycles. The number of carbonyl (C=O) groups is 2. The minimum Gasteiger partial charge on any atom is -0.491 e. The summed E-state index contributed by atoms with van der Waals surface area (Å²) in [5, 5.41) is 25.0. The predicted molar refractivity (Wildman–Crippen MR) is 118 cm³/mol. The van der Waals surface area contributed by atoms with Crippen molar-refractivity contribution in [3.63, 3.8) is 0 Å². The molecule has 3 unspecified atom stereocenters. The van der Waals surface area contributed by atoms with E-state index in [-0.39, 0.29) is 59.0 Å². The van der Waals surface area contributed by atoms with Gasteiger partial charge >= 0.3 is 5.97 Å². The fraction of sp³-hybridized carbons (Fsp3) is 0.348. The number of aromatic carboxylic acids is 1. The topological polar surface area (TPSA) is 115 Å². The van der Waals surface area contributed by atoms with Gasteiger partial charge in [0.05, 0.1) is 36.8 Å². The fourth-order valence-electron chi connectivity index (χ4n) is 4.25. The summed E-state index contributed by atoms with van der Waals surface area (Å²) in [5.74, 6) is -3.87. The van der Waals surface area contributed by atoms with Crippen LogP contribution < -0.4 is 15.4 Å². The van der Waals surface area contributed by atoms with Gasteiger partial charge in [-0.1, -0.05) is 11.6 Å². The average Bonchev–Trinajstić information content (AvgIpc) is 2.81. The second-order valence-electron chi connectivity index (χ2n) is 8.11. The minimum atomic E-state index is -1.53. The van der Waals surface area contributed by atoms with Gasteiger partial charge in [0.15, 0.2) is 0 Å². The maximum Gasteiger partial charge on any atom is 0.338 e. The van der Waals surface area contributed by atoms with Crippen molar-refractivity contribution in [2.45, 2.75) is 18.5 Å². The van der Waals surface area contributed by atoms with E-state index in [1.807, 2.05) is 0 Å². The van der Waals surface area contributed by atoms with Gasteiger partial charge in [-0.3, -0.25) is 10.1 Å². The lowest BCUT2D eigenvalue weighted by Gasteiger charge is -2.42.